The molecular formula is C17H17F3N6O2. The Hall–Kier alpha value is -3.15. The number of alkyl halides is 3. The lowest BCUT2D eigenvalue weighted by molar-refractivity contribution is -0.130. The number of aliphatic hydroxyl groups excluding tert-OH is 1. The summed E-state index contributed by atoms with van der Waals surface area (Å²) >= 11 is 0. The third-order valence-electron chi connectivity index (χ3n) is 3.86. The monoisotopic (exact) mass is 394 g/mol. The minimum atomic E-state index is -4.43. The van der Waals surface area contributed by atoms with E-state index in [1.54, 1.807) is 53.2 Å². The molecular weight excluding hydrogens is 377 g/mol. The molecule has 1 amide bonds. The van der Waals surface area contributed by atoms with Crippen LogP contribution in [0.4, 0.5) is 18.9 Å². The first-order chi connectivity index (χ1) is 13.3. The second-order valence-corrected chi connectivity index (χ2v) is 5.88. The van der Waals surface area contributed by atoms with Gasteiger partial charge >= 0.3 is 6.18 Å². The van der Waals surface area contributed by atoms with Gasteiger partial charge in [0, 0.05) is 23.0 Å². The topological polar surface area (TPSA) is 117 Å². The zero-order valence-electron chi connectivity index (χ0n) is 14.4. The summed E-state index contributed by atoms with van der Waals surface area (Å²) in [6.07, 6.45) is -2.75. The first-order valence-electron chi connectivity index (χ1n) is 8.10. The number of nitrogen functional groups attached to an aromatic ring is 1. The molecule has 8 nitrogen and oxygen atoms in total. The SMILES string of the molecule is NNC(=O)c1ccn2c(-c3cccc(NC(O)NCC(F)(F)F)c3)cnc2c1. The molecule has 0 saturated carbocycles. The van der Waals surface area contributed by atoms with Crippen LogP contribution in [0.2, 0.25) is 0 Å². The van der Waals surface area contributed by atoms with Gasteiger partial charge in [0.1, 0.15) is 5.65 Å². The largest absolute Gasteiger partial charge is 0.401 e. The number of hydrogen-bond donors (Lipinski definition) is 5. The molecule has 0 spiro atoms. The smallest absolute Gasteiger partial charge is 0.361 e. The molecule has 28 heavy (non-hydrogen) atoms. The minimum absolute atomic E-state index is 0.349. The molecule has 3 rings (SSSR count). The number of hydrazine groups is 1. The standard InChI is InChI=1S/C17H17F3N6O2/c18-17(19,20)9-23-16(28)24-12-3-1-2-10(6-12)13-8-22-14-7-11(15(27)25-21)4-5-26(13)14/h1-8,16,23-24,28H,9,21H2,(H,25,27). The van der Waals surface area contributed by atoms with Crippen LogP contribution in [-0.4, -0.2) is 39.5 Å². The van der Waals surface area contributed by atoms with Gasteiger partial charge in [0.25, 0.3) is 5.91 Å². The first-order valence-corrected chi connectivity index (χ1v) is 8.10. The number of amides is 1. The molecule has 0 bridgehead atoms. The van der Waals surface area contributed by atoms with Gasteiger partial charge < -0.3 is 10.4 Å². The molecule has 0 aliphatic rings. The zero-order valence-corrected chi connectivity index (χ0v) is 14.4. The predicted molar refractivity (Wildman–Crippen MR) is 96.0 cm³/mol. The van der Waals surface area contributed by atoms with Crippen molar-refractivity contribution in [3.8, 4) is 11.3 Å². The molecule has 3 aromatic rings. The Morgan fingerprint density at radius 3 is 2.79 bits per heavy atom. The number of nitrogens with zero attached hydrogens (tertiary/aromatic N) is 2. The Kier molecular flexibility index (Phi) is 5.49. The quantitative estimate of drug-likeness (QED) is 0.187. The Labute approximate surface area is 157 Å². The number of pyridine rings is 1. The van der Waals surface area contributed by atoms with E-state index in [0.29, 0.717) is 28.2 Å². The molecule has 1 aromatic carbocycles. The normalized spacial score (nSPS) is 12.8. The fourth-order valence-corrected chi connectivity index (χ4v) is 2.61. The van der Waals surface area contributed by atoms with Gasteiger partial charge in [0.05, 0.1) is 18.4 Å². The summed E-state index contributed by atoms with van der Waals surface area (Å²) in [6.45, 7) is -1.33. The van der Waals surface area contributed by atoms with Gasteiger partial charge in [-0.25, -0.2) is 10.8 Å². The maximum absolute atomic E-state index is 12.2. The molecule has 2 heterocycles. The lowest BCUT2D eigenvalue weighted by atomic mass is 10.1. The zero-order chi connectivity index (χ0) is 20.3. The lowest BCUT2D eigenvalue weighted by Crippen LogP contribution is -2.41. The van der Waals surface area contributed by atoms with E-state index in [4.69, 9.17) is 5.84 Å². The number of anilines is 1. The van der Waals surface area contributed by atoms with Crippen LogP contribution in [0, 0.1) is 0 Å². The molecule has 2 aromatic heterocycles. The Bertz CT molecular complexity index is 988. The van der Waals surface area contributed by atoms with E-state index in [1.807, 2.05) is 10.7 Å². The average molecular weight is 394 g/mol. The summed E-state index contributed by atoms with van der Waals surface area (Å²) in [5.41, 5.74) is 4.72. The summed E-state index contributed by atoms with van der Waals surface area (Å²) in [6, 6.07) is 9.87. The highest BCUT2D eigenvalue weighted by Crippen LogP contribution is 2.24. The maximum atomic E-state index is 12.2. The molecule has 6 N–H and O–H groups in total. The second-order valence-electron chi connectivity index (χ2n) is 5.88. The van der Waals surface area contributed by atoms with E-state index in [-0.39, 0.29) is 0 Å². The van der Waals surface area contributed by atoms with Gasteiger partial charge in [-0.05, 0) is 24.3 Å². The molecule has 0 aliphatic carbocycles. The minimum Gasteiger partial charge on any atom is -0.361 e. The maximum Gasteiger partial charge on any atom is 0.401 e. The Morgan fingerprint density at radius 1 is 1.29 bits per heavy atom. The molecule has 1 atom stereocenters. The number of imidazole rings is 1. The fourth-order valence-electron chi connectivity index (χ4n) is 2.61. The van der Waals surface area contributed by atoms with E-state index in [9.17, 15) is 23.1 Å². The summed E-state index contributed by atoms with van der Waals surface area (Å²) in [7, 11) is 0. The number of carbonyl (C=O) groups is 1. The fraction of sp³-hybridized carbons (Fsp3) is 0.176. The van der Waals surface area contributed by atoms with E-state index in [2.05, 4.69) is 10.3 Å². The molecule has 0 radical (unpaired) electrons. The third-order valence-corrected chi connectivity index (χ3v) is 3.86. The number of benzene rings is 1. The van der Waals surface area contributed by atoms with Gasteiger partial charge in [-0.15, -0.1) is 0 Å². The van der Waals surface area contributed by atoms with E-state index in [0.717, 1.165) is 0 Å². The number of carbonyl (C=O) groups excluding carboxylic acids is 1. The number of fused-ring (bicyclic) bond motifs is 1. The van der Waals surface area contributed by atoms with Crippen LogP contribution in [0.1, 0.15) is 10.4 Å². The highest BCUT2D eigenvalue weighted by Gasteiger charge is 2.27. The van der Waals surface area contributed by atoms with Crippen LogP contribution >= 0.6 is 0 Å². The van der Waals surface area contributed by atoms with Crippen LogP contribution in [0.5, 0.6) is 0 Å². The first kappa shape index (κ1) is 19.6. The number of aliphatic hydroxyl groups is 1. The van der Waals surface area contributed by atoms with Crippen LogP contribution in [0.25, 0.3) is 16.9 Å². The number of rotatable bonds is 6. The summed E-state index contributed by atoms with van der Waals surface area (Å²) in [5.74, 6) is 4.68. The molecule has 0 saturated heterocycles. The summed E-state index contributed by atoms with van der Waals surface area (Å²) in [5, 5.41) is 14.2. The van der Waals surface area contributed by atoms with E-state index < -0.39 is 25.0 Å². The van der Waals surface area contributed by atoms with Crippen molar-refractivity contribution < 1.29 is 23.1 Å². The van der Waals surface area contributed by atoms with Crippen LogP contribution in [0.15, 0.2) is 48.8 Å². The predicted octanol–water partition coefficient (Wildman–Crippen LogP) is 1.44. The van der Waals surface area contributed by atoms with E-state index in [1.165, 1.54) is 0 Å². The van der Waals surface area contributed by atoms with Crippen molar-refractivity contribution in [2.45, 2.75) is 12.5 Å². The summed E-state index contributed by atoms with van der Waals surface area (Å²) in [4.78, 5) is 15.9. The molecule has 1 unspecified atom stereocenters. The number of hydrogen-bond acceptors (Lipinski definition) is 6. The average Bonchev–Trinajstić information content (AvgIpc) is 3.08. The van der Waals surface area contributed by atoms with Crippen LogP contribution < -0.4 is 21.9 Å². The number of nitrogens with two attached hydrogens (primary N) is 1. The number of aromatic nitrogens is 2. The third kappa shape index (κ3) is 4.57. The van der Waals surface area contributed by atoms with Crippen molar-refractivity contribution in [1.82, 2.24) is 20.1 Å². The molecule has 0 fully saturated rings. The highest BCUT2D eigenvalue weighted by atomic mass is 19.4. The molecule has 0 aliphatic heterocycles. The van der Waals surface area contributed by atoms with Gasteiger partial charge in [0.2, 0.25) is 0 Å². The number of nitrogens with one attached hydrogen (secondary N) is 3. The van der Waals surface area contributed by atoms with E-state index >= 15 is 0 Å². The van der Waals surface area contributed by atoms with Crippen molar-refractivity contribution >= 4 is 17.2 Å². The van der Waals surface area contributed by atoms with Crippen LogP contribution in [-0.2, 0) is 0 Å². The molecule has 11 heteroatoms. The van der Waals surface area contributed by atoms with Crippen molar-refractivity contribution in [3.05, 3.63) is 54.4 Å². The highest BCUT2D eigenvalue weighted by molar-refractivity contribution is 5.94. The number of halogens is 3. The van der Waals surface area contributed by atoms with Gasteiger partial charge in [-0.1, -0.05) is 12.1 Å². The van der Waals surface area contributed by atoms with Crippen LogP contribution in [0.3, 0.4) is 0 Å². The second kappa shape index (κ2) is 7.84. The summed E-state index contributed by atoms with van der Waals surface area (Å²) < 4.78 is 38.4. The Morgan fingerprint density at radius 2 is 2.07 bits per heavy atom. The van der Waals surface area contributed by atoms with Crippen molar-refractivity contribution in [3.63, 3.8) is 0 Å². The van der Waals surface area contributed by atoms with Crippen molar-refractivity contribution in [2.75, 3.05) is 11.9 Å². The van der Waals surface area contributed by atoms with Gasteiger partial charge in [-0.2, -0.15) is 13.2 Å². The Balaban J connectivity index is 1.81. The molecule has 148 valence electrons. The lowest BCUT2D eigenvalue weighted by Gasteiger charge is -2.17. The van der Waals surface area contributed by atoms with Crippen molar-refractivity contribution in [1.29, 1.82) is 0 Å². The van der Waals surface area contributed by atoms with Crippen molar-refractivity contribution in [2.24, 2.45) is 5.84 Å². The van der Waals surface area contributed by atoms with Gasteiger partial charge in [0.15, 0.2) is 6.35 Å². The van der Waals surface area contributed by atoms with Gasteiger partial charge in [-0.3, -0.25) is 19.9 Å².